The molecule has 0 amide bonds. The van der Waals surface area contributed by atoms with Crippen LogP contribution < -0.4 is 0 Å². The molecule has 0 saturated heterocycles. The molecule has 1 N–H and O–H groups in total. The molecule has 0 saturated carbocycles. The summed E-state index contributed by atoms with van der Waals surface area (Å²) in [6.07, 6.45) is 4.05. The number of pyridine rings is 1. The van der Waals surface area contributed by atoms with Crippen LogP contribution in [0.15, 0.2) is 18.3 Å². The molecule has 0 unspecified atom stereocenters. The minimum absolute atomic E-state index is 0.0936. The molecule has 0 fully saturated rings. The second-order valence-corrected chi connectivity index (χ2v) is 4.04. The maximum Gasteiger partial charge on any atom is 0.210 e. The van der Waals surface area contributed by atoms with Crippen molar-refractivity contribution in [3.05, 3.63) is 23.9 Å². The summed E-state index contributed by atoms with van der Waals surface area (Å²) >= 11 is 0. The van der Waals surface area contributed by atoms with Crippen LogP contribution in [-0.2, 0) is 5.41 Å². The van der Waals surface area contributed by atoms with Gasteiger partial charge in [-0.2, -0.15) is 0 Å². The Kier molecular flexibility index (Phi) is 2.91. The smallest absolute Gasteiger partial charge is 0.210 e. The summed E-state index contributed by atoms with van der Waals surface area (Å²) < 4.78 is 0. The molecule has 1 aromatic heterocycles. The van der Waals surface area contributed by atoms with Gasteiger partial charge in [-0.05, 0) is 17.4 Å². The molecular weight excluding hydrogens is 162 g/mol. The highest BCUT2D eigenvalue weighted by Gasteiger charge is 2.19. The summed E-state index contributed by atoms with van der Waals surface area (Å²) in [5.41, 5.74) is 1.35. The fourth-order valence-electron chi connectivity index (χ4n) is 1.56. The standard InChI is InChI=1S/C11H17NO/c1-4-7-11(2,3)9-5-6-10(13)12-8-9/h5-6,8H,4,7H2,1-3H3,(H,12,13). The first-order valence-electron chi connectivity index (χ1n) is 4.72. The van der Waals surface area contributed by atoms with E-state index < -0.39 is 0 Å². The zero-order valence-electron chi connectivity index (χ0n) is 8.54. The fourth-order valence-corrected chi connectivity index (χ4v) is 1.56. The molecule has 0 radical (unpaired) electrons. The van der Waals surface area contributed by atoms with Crippen molar-refractivity contribution in [1.82, 2.24) is 4.98 Å². The van der Waals surface area contributed by atoms with Crippen molar-refractivity contribution in [3.8, 4) is 5.88 Å². The molecule has 1 aromatic rings. The minimum atomic E-state index is 0.0936. The lowest BCUT2D eigenvalue weighted by Crippen LogP contribution is -2.16. The van der Waals surface area contributed by atoms with Gasteiger partial charge in [-0.25, -0.2) is 4.98 Å². The van der Waals surface area contributed by atoms with Gasteiger partial charge in [-0.15, -0.1) is 0 Å². The Hall–Kier alpha value is -1.05. The van der Waals surface area contributed by atoms with Crippen molar-refractivity contribution < 1.29 is 5.11 Å². The molecular formula is C11H17NO. The van der Waals surface area contributed by atoms with Crippen molar-refractivity contribution in [1.29, 1.82) is 0 Å². The van der Waals surface area contributed by atoms with Crippen molar-refractivity contribution in [3.63, 3.8) is 0 Å². The molecule has 1 heterocycles. The topological polar surface area (TPSA) is 33.1 Å². The monoisotopic (exact) mass is 179 g/mol. The van der Waals surface area contributed by atoms with Crippen LogP contribution in [0, 0.1) is 0 Å². The van der Waals surface area contributed by atoms with Gasteiger partial charge in [0, 0.05) is 12.3 Å². The quantitative estimate of drug-likeness (QED) is 0.774. The molecule has 0 bridgehead atoms. The highest BCUT2D eigenvalue weighted by atomic mass is 16.3. The van der Waals surface area contributed by atoms with E-state index in [1.165, 1.54) is 5.56 Å². The molecule has 2 heteroatoms. The molecule has 0 aliphatic rings. The first-order valence-corrected chi connectivity index (χ1v) is 4.72. The van der Waals surface area contributed by atoms with E-state index >= 15 is 0 Å². The van der Waals surface area contributed by atoms with E-state index in [-0.39, 0.29) is 11.3 Å². The lowest BCUT2D eigenvalue weighted by atomic mass is 9.82. The highest BCUT2D eigenvalue weighted by molar-refractivity contribution is 5.23. The van der Waals surface area contributed by atoms with Crippen LogP contribution in [0.2, 0.25) is 0 Å². The van der Waals surface area contributed by atoms with E-state index in [2.05, 4.69) is 25.8 Å². The number of rotatable bonds is 3. The second kappa shape index (κ2) is 3.77. The second-order valence-electron chi connectivity index (χ2n) is 4.04. The van der Waals surface area contributed by atoms with Crippen molar-refractivity contribution in [2.24, 2.45) is 0 Å². The molecule has 0 aliphatic heterocycles. The molecule has 0 atom stereocenters. The Morgan fingerprint density at radius 3 is 2.54 bits per heavy atom. The Labute approximate surface area is 79.6 Å². The zero-order valence-corrected chi connectivity index (χ0v) is 8.54. The zero-order chi connectivity index (χ0) is 9.90. The number of hydrogen-bond acceptors (Lipinski definition) is 2. The lowest BCUT2D eigenvalue weighted by molar-refractivity contribution is 0.444. The summed E-state index contributed by atoms with van der Waals surface area (Å²) in [5, 5.41) is 9.04. The fraction of sp³-hybridized carbons (Fsp3) is 0.545. The van der Waals surface area contributed by atoms with Crippen LogP contribution in [-0.4, -0.2) is 10.1 Å². The Morgan fingerprint density at radius 1 is 1.38 bits per heavy atom. The lowest BCUT2D eigenvalue weighted by Gasteiger charge is -2.23. The third-order valence-corrected chi connectivity index (χ3v) is 2.40. The highest BCUT2D eigenvalue weighted by Crippen LogP contribution is 2.28. The predicted octanol–water partition coefficient (Wildman–Crippen LogP) is 2.86. The minimum Gasteiger partial charge on any atom is -0.493 e. The van der Waals surface area contributed by atoms with E-state index in [1.807, 2.05) is 6.07 Å². The SMILES string of the molecule is CCCC(C)(C)c1ccc(O)nc1. The van der Waals surface area contributed by atoms with Gasteiger partial charge in [-0.3, -0.25) is 0 Å². The van der Waals surface area contributed by atoms with Crippen LogP contribution in [0.3, 0.4) is 0 Å². The average molecular weight is 179 g/mol. The van der Waals surface area contributed by atoms with Gasteiger partial charge in [0.05, 0.1) is 0 Å². The van der Waals surface area contributed by atoms with Crippen molar-refractivity contribution >= 4 is 0 Å². The van der Waals surface area contributed by atoms with Crippen LogP contribution in [0.25, 0.3) is 0 Å². The summed E-state index contributed by atoms with van der Waals surface area (Å²) in [6, 6.07) is 3.59. The van der Waals surface area contributed by atoms with E-state index in [4.69, 9.17) is 5.11 Å². The number of nitrogens with zero attached hydrogens (tertiary/aromatic N) is 1. The normalized spacial score (nSPS) is 11.6. The maximum atomic E-state index is 9.04. The molecule has 0 aliphatic carbocycles. The molecule has 13 heavy (non-hydrogen) atoms. The van der Waals surface area contributed by atoms with E-state index in [9.17, 15) is 0 Å². The molecule has 1 rings (SSSR count). The van der Waals surface area contributed by atoms with Gasteiger partial charge in [-0.1, -0.05) is 33.3 Å². The van der Waals surface area contributed by atoms with Crippen LogP contribution in [0.4, 0.5) is 0 Å². The largest absolute Gasteiger partial charge is 0.493 e. The van der Waals surface area contributed by atoms with Gasteiger partial charge in [0.1, 0.15) is 0 Å². The van der Waals surface area contributed by atoms with Crippen molar-refractivity contribution in [2.45, 2.75) is 39.0 Å². The molecule has 72 valence electrons. The van der Waals surface area contributed by atoms with Crippen LogP contribution >= 0.6 is 0 Å². The van der Waals surface area contributed by atoms with Crippen LogP contribution in [0.5, 0.6) is 5.88 Å². The first kappa shape index (κ1) is 10.0. The number of hydrogen-bond donors (Lipinski definition) is 1. The Bertz CT molecular complexity index is 264. The molecule has 0 spiro atoms. The van der Waals surface area contributed by atoms with E-state index in [1.54, 1.807) is 12.3 Å². The van der Waals surface area contributed by atoms with Gasteiger partial charge in [0.15, 0.2) is 0 Å². The number of aromatic hydroxyl groups is 1. The van der Waals surface area contributed by atoms with Gasteiger partial charge < -0.3 is 5.11 Å². The summed E-state index contributed by atoms with van der Waals surface area (Å²) in [7, 11) is 0. The average Bonchev–Trinajstić information content (AvgIpc) is 2.05. The van der Waals surface area contributed by atoms with Crippen LogP contribution in [0.1, 0.15) is 39.2 Å². The first-order chi connectivity index (χ1) is 6.06. The Balaban J connectivity index is 2.87. The van der Waals surface area contributed by atoms with E-state index in [0.717, 1.165) is 12.8 Å². The van der Waals surface area contributed by atoms with E-state index in [0.29, 0.717) is 0 Å². The predicted molar refractivity (Wildman–Crippen MR) is 53.8 cm³/mol. The third kappa shape index (κ3) is 2.44. The summed E-state index contributed by atoms with van der Waals surface area (Å²) in [5.74, 6) is 0.0936. The molecule has 0 aromatic carbocycles. The van der Waals surface area contributed by atoms with Crippen molar-refractivity contribution in [2.75, 3.05) is 0 Å². The Morgan fingerprint density at radius 2 is 2.08 bits per heavy atom. The molecule has 2 nitrogen and oxygen atoms in total. The van der Waals surface area contributed by atoms with Gasteiger partial charge >= 0.3 is 0 Å². The maximum absolute atomic E-state index is 9.04. The summed E-state index contributed by atoms with van der Waals surface area (Å²) in [6.45, 7) is 6.57. The van der Waals surface area contributed by atoms with Gasteiger partial charge in [0.2, 0.25) is 5.88 Å². The number of aromatic nitrogens is 1. The summed E-state index contributed by atoms with van der Waals surface area (Å²) in [4.78, 5) is 3.88. The third-order valence-electron chi connectivity index (χ3n) is 2.40. The van der Waals surface area contributed by atoms with Gasteiger partial charge in [0.25, 0.3) is 0 Å².